The van der Waals surface area contributed by atoms with Crippen molar-refractivity contribution in [2.75, 3.05) is 0 Å². The minimum Gasteiger partial charge on any atom is -0.332 e. The predicted molar refractivity (Wildman–Crippen MR) is 87.4 cm³/mol. The molecule has 0 spiro atoms. The van der Waals surface area contributed by atoms with Crippen molar-refractivity contribution in [1.29, 1.82) is 0 Å². The first-order valence-electron chi connectivity index (χ1n) is 7.75. The van der Waals surface area contributed by atoms with Gasteiger partial charge < -0.3 is 10.6 Å². The Balaban J connectivity index is 0.00000161. The van der Waals surface area contributed by atoms with Crippen LogP contribution in [0.15, 0.2) is 24.3 Å². The van der Waals surface area contributed by atoms with Gasteiger partial charge in [-0.05, 0) is 43.7 Å². The number of nitrogens with two attached hydrogens (primary N) is 1. The number of benzene rings is 1. The Morgan fingerprint density at radius 1 is 1.24 bits per heavy atom. The average Bonchev–Trinajstić information content (AvgIpc) is 3.18. The molecule has 21 heavy (non-hydrogen) atoms. The molecule has 1 aromatic carbocycles. The van der Waals surface area contributed by atoms with Crippen LogP contribution in [0.1, 0.15) is 50.3 Å². The van der Waals surface area contributed by atoms with Gasteiger partial charge in [0.05, 0.1) is 12.0 Å². The third-order valence-corrected chi connectivity index (χ3v) is 4.81. The van der Waals surface area contributed by atoms with Crippen molar-refractivity contribution in [3.05, 3.63) is 35.4 Å². The van der Waals surface area contributed by atoms with Crippen molar-refractivity contribution in [3.8, 4) is 0 Å². The molecule has 0 bridgehead atoms. The number of carbonyl (C=O) groups is 1. The van der Waals surface area contributed by atoms with Gasteiger partial charge in [0, 0.05) is 12.1 Å². The summed E-state index contributed by atoms with van der Waals surface area (Å²) >= 11 is 0. The van der Waals surface area contributed by atoms with Gasteiger partial charge in [-0.25, -0.2) is 0 Å². The first-order valence-corrected chi connectivity index (χ1v) is 7.75. The molecule has 1 saturated carbocycles. The van der Waals surface area contributed by atoms with Crippen LogP contribution in [0.2, 0.25) is 0 Å². The molecule has 0 saturated heterocycles. The number of fused-ring (bicyclic) bond motifs is 1. The smallest absolute Gasteiger partial charge is 0.227 e. The summed E-state index contributed by atoms with van der Waals surface area (Å²) in [6.07, 6.45) is 4.45. The third-order valence-electron chi connectivity index (χ3n) is 4.81. The second kappa shape index (κ2) is 6.37. The quantitative estimate of drug-likeness (QED) is 0.929. The van der Waals surface area contributed by atoms with Crippen LogP contribution >= 0.6 is 12.4 Å². The average molecular weight is 309 g/mol. The van der Waals surface area contributed by atoms with Crippen LogP contribution in [0.5, 0.6) is 0 Å². The number of amides is 1. The molecule has 3 rings (SSSR count). The van der Waals surface area contributed by atoms with Crippen molar-refractivity contribution in [3.63, 3.8) is 0 Å². The lowest BCUT2D eigenvalue weighted by atomic mass is 9.99. The zero-order valence-corrected chi connectivity index (χ0v) is 13.6. The number of carbonyl (C=O) groups excluding carboxylic acids is 1. The van der Waals surface area contributed by atoms with E-state index in [9.17, 15) is 4.79 Å². The maximum absolute atomic E-state index is 12.8. The molecule has 0 heterocycles. The topological polar surface area (TPSA) is 46.3 Å². The maximum atomic E-state index is 12.8. The SMILES string of the molecule is CC(N)C(C)C(=O)N(C1CC1)C1CCc2ccccc21.Cl. The number of rotatable bonds is 4. The molecule has 2 aliphatic rings. The van der Waals surface area contributed by atoms with E-state index in [-0.39, 0.29) is 36.3 Å². The van der Waals surface area contributed by atoms with Gasteiger partial charge in [0.1, 0.15) is 0 Å². The summed E-state index contributed by atoms with van der Waals surface area (Å²) in [5.41, 5.74) is 8.70. The first-order chi connectivity index (χ1) is 9.59. The number of halogens is 1. The molecule has 0 radical (unpaired) electrons. The minimum atomic E-state index is -0.0941. The van der Waals surface area contributed by atoms with Crippen molar-refractivity contribution < 1.29 is 4.79 Å². The van der Waals surface area contributed by atoms with E-state index in [4.69, 9.17) is 5.73 Å². The van der Waals surface area contributed by atoms with Gasteiger partial charge >= 0.3 is 0 Å². The van der Waals surface area contributed by atoms with E-state index >= 15 is 0 Å². The molecule has 0 aliphatic heterocycles. The van der Waals surface area contributed by atoms with Crippen molar-refractivity contribution in [1.82, 2.24) is 4.90 Å². The van der Waals surface area contributed by atoms with Crippen LogP contribution in [-0.2, 0) is 11.2 Å². The van der Waals surface area contributed by atoms with Gasteiger partial charge in [-0.1, -0.05) is 31.2 Å². The Morgan fingerprint density at radius 2 is 1.90 bits per heavy atom. The Kier molecular flexibility index (Phi) is 4.95. The monoisotopic (exact) mass is 308 g/mol. The van der Waals surface area contributed by atoms with Crippen LogP contribution in [-0.4, -0.2) is 22.9 Å². The lowest BCUT2D eigenvalue weighted by Gasteiger charge is -2.33. The molecular weight excluding hydrogens is 284 g/mol. The molecular formula is C17H25ClN2O. The first kappa shape index (κ1) is 16.3. The van der Waals surface area contributed by atoms with Crippen molar-refractivity contribution >= 4 is 18.3 Å². The molecule has 3 atom stereocenters. The molecule has 2 N–H and O–H groups in total. The third kappa shape index (κ3) is 3.09. The van der Waals surface area contributed by atoms with E-state index in [1.807, 2.05) is 13.8 Å². The molecule has 1 fully saturated rings. The zero-order valence-electron chi connectivity index (χ0n) is 12.8. The van der Waals surface area contributed by atoms with E-state index < -0.39 is 0 Å². The van der Waals surface area contributed by atoms with Crippen molar-refractivity contribution in [2.24, 2.45) is 11.7 Å². The van der Waals surface area contributed by atoms with E-state index in [1.165, 1.54) is 11.1 Å². The van der Waals surface area contributed by atoms with Crippen molar-refractivity contribution in [2.45, 2.75) is 57.7 Å². The summed E-state index contributed by atoms with van der Waals surface area (Å²) in [5, 5.41) is 0. The molecule has 0 aromatic heterocycles. The van der Waals surface area contributed by atoms with Gasteiger partial charge in [-0.2, -0.15) is 0 Å². The summed E-state index contributed by atoms with van der Waals surface area (Å²) in [7, 11) is 0. The second-order valence-electron chi connectivity index (χ2n) is 6.38. The summed E-state index contributed by atoms with van der Waals surface area (Å²) in [5.74, 6) is 0.146. The molecule has 1 aromatic rings. The Morgan fingerprint density at radius 3 is 2.52 bits per heavy atom. The largest absolute Gasteiger partial charge is 0.332 e. The lowest BCUT2D eigenvalue weighted by molar-refractivity contribution is -0.138. The predicted octanol–water partition coefficient (Wildman–Crippen LogP) is 3.07. The molecule has 1 amide bonds. The van der Waals surface area contributed by atoms with Crippen LogP contribution in [0.4, 0.5) is 0 Å². The van der Waals surface area contributed by atoms with Crippen LogP contribution in [0.25, 0.3) is 0 Å². The maximum Gasteiger partial charge on any atom is 0.227 e. The highest BCUT2D eigenvalue weighted by Crippen LogP contribution is 2.42. The van der Waals surface area contributed by atoms with Crippen LogP contribution in [0.3, 0.4) is 0 Å². The van der Waals surface area contributed by atoms with Gasteiger partial charge in [-0.15, -0.1) is 12.4 Å². The van der Waals surface area contributed by atoms with E-state index in [2.05, 4.69) is 29.2 Å². The van der Waals surface area contributed by atoms with Gasteiger partial charge in [-0.3, -0.25) is 4.79 Å². The summed E-state index contributed by atoms with van der Waals surface area (Å²) < 4.78 is 0. The standard InChI is InChI=1S/C17H24N2O.ClH/c1-11(12(2)18)17(20)19(14-8-9-14)16-10-7-13-5-3-4-6-15(13)16;/h3-6,11-12,14,16H,7-10,18H2,1-2H3;1H. The number of aryl methyl sites for hydroxylation is 1. The molecule has 4 heteroatoms. The van der Waals surface area contributed by atoms with Gasteiger partial charge in [0.2, 0.25) is 5.91 Å². The Hall–Kier alpha value is -1.06. The van der Waals surface area contributed by atoms with E-state index in [0.717, 1.165) is 25.7 Å². The van der Waals surface area contributed by atoms with Crippen LogP contribution < -0.4 is 5.73 Å². The number of hydrogen-bond acceptors (Lipinski definition) is 2. The normalized spacial score (nSPS) is 22.9. The summed E-state index contributed by atoms with van der Waals surface area (Å²) in [6, 6.07) is 9.19. The molecule has 2 aliphatic carbocycles. The van der Waals surface area contributed by atoms with E-state index in [0.29, 0.717) is 6.04 Å². The second-order valence-corrected chi connectivity index (χ2v) is 6.38. The lowest BCUT2D eigenvalue weighted by Crippen LogP contribution is -2.44. The Labute approximate surface area is 133 Å². The summed E-state index contributed by atoms with van der Waals surface area (Å²) in [4.78, 5) is 15.0. The van der Waals surface area contributed by atoms with Gasteiger partial charge in [0.15, 0.2) is 0 Å². The van der Waals surface area contributed by atoms with Crippen LogP contribution in [0, 0.1) is 5.92 Å². The number of hydrogen-bond donors (Lipinski definition) is 1. The van der Waals surface area contributed by atoms with E-state index in [1.54, 1.807) is 0 Å². The molecule has 3 unspecified atom stereocenters. The van der Waals surface area contributed by atoms with Gasteiger partial charge in [0.25, 0.3) is 0 Å². The highest BCUT2D eigenvalue weighted by Gasteiger charge is 2.41. The highest BCUT2D eigenvalue weighted by atomic mass is 35.5. The molecule has 3 nitrogen and oxygen atoms in total. The summed E-state index contributed by atoms with van der Waals surface area (Å²) in [6.45, 7) is 3.89. The molecule has 116 valence electrons. The fourth-order valence-corrected chi connectivity index (χ4v) is 3.22. The Bertz CT molecular complexity index is 513. The minimum absolute atomic E-state index is 0. The highest BCUT2D eigenvalue weighted by molar-refractivity contribution is 5.85. The zero-order chi connectivity index (χ0) is 14.3. The number of nitrogens with zero attached hydrogens (tertiary/aromatic N) is 1. The fourth-order valence-electron chi connectivity index (χ4n) is 3.22. The fraction of sp³-hybridized carbons (Fsp3) is 0.588.